The first-order valence-corrected chi connectivity index (χ1v) is 5.21. The van der Waals surface area contributed by atoms with Gasteiger partial charge in [-0.2, -0.15) is 0 Å². The third-order valence-corrected chi connectivity index (χ3v) is 2.66. The van der Waals surface area contributed by atoms with Crippen LogP contribution >= 0.6 is 11.6 Å². The summed E-state index contributed by atoms with van der Waals surface area (Å²) in [5.41, 5.74) is 6.26. The normalized spacial score (nSPS) is 14.4. The highest BCUT2D eigenvalue weighted by Gasteiger charge is 2.17. The van der Waals surface area contributed by atoms with E-state index in [9.17, 15) is 4.79 Å². The van der Waals surface area contributed by atoms with Crippen LogP contribution in [0.25, 0.3) is 0 Å². The molecule has 0 saturated carbocycles. The third kappa shape index (κ3) is 3.22. The molecule has 0 bridgehead atoms. The smallest absolute Gasteiger partial charge is 0.228 e. The van der Waals surface area contributed by atoms with Crippen molar-refractivity contribution in [1.82, 2.24) is 0 Å². The van der Waals surface area contributed by atoms with Gasteiger partial charge in [-0.25, -0.2) is 0 Å². The van der Waals surface area contributed by atoms with E-state index in [4.69, 9.17) is 17.3 Å². The van der Waals surface area contributed by atoms with E-state index >= 15 is 0 Å². The second kappa shape index (κ2) is 5.14. The Labute approximate surface area is 94.6 Å². The molecule has 4 heteroatoms. The van der Waals surface area contributed by atoms with E-state index in [1.165, 1.54) is 0 Å². The molecule has 1 aromatic rings. The van der Waals surface area contributed by atoms with E-state index in [0.717, 1.165) is 0 Å². The molecule has 0 fully saturated rings. The predicted octanol–water partition coefficient (Wildman–Crippen LogP) is 2.26. The fourth-order valence-corrected chi connectivity index (χ4v) is 1.23. The molecule has 0 aliphatic carbocycles. The minimum atomic E-state index is -0.235. The number of hydrogen-bond donors (Lipinski definition) is 2. The Morgan fingerprint density at radius 3 is 2.53 bits per heavy atom. The van der Waals surface area contributed by atoms with Crippen LogP contribution in [0.4, 0.5) is 5.69 Å². The van der Waals surface area contributed by atoms with Crippen molar-refractivity contribution in [3.05, 3.63) is 29.3 Å². The second-order valence-corrected chi connectivity index (χ2v) is 4.02. The van der Waals surface area contributed by atoms with Crippen LogP contribution in [0.15, 0.2) is 24.3 Å². The first-order valence-electron chi connectivity index (χ1n) is 4.83. The molecule has 2 atom stereocenters. The van der Waals surface area contributed by atoms with Gasteiger partial charge in [0.2, 0.25) is 5.91 Å². The van der Waals surface area contributed by atoms with Crippen LogP contribution < -0.4 is 11.1 Å². The summed E-state index contributed by atoms with van der Waals surface area (Å²) in [7, 11) is 0. The number of carbonyl (C=O) groups excluding carboxylic acids is 1. The number of nitrogens with one attached hydrogen (secondary N) is 1. The largest absolute Gasteiger partial charge is 0.327 e. The highest BCUT2D eigenvalue weighted by molar-refractivity contribution is 6.33. The maximum Gasteiger partial charge on any atom is 0.228 e. The lowest BCUT2D eigenvalue weighted by Crippen LogP contribution is -2.34. The molecule has 1 amide bonds. The molecule has 1 aromatic carbocycles. The van der Waals surface area contributed by atoms with Gasteiger partial charge in [-0.05, 0) is 19.1 Å². The van der Waals surface area contributed by atoms with Gasteiger partial charge in [-0.15, -0.1) is 0 Å². The van der Waals surface area contributed by atoms with E-state index in [2.05, 4.69) is 5.32 Å². The van der Waals surface area contributed by atoms with Crippen molar-refractivity contribution in [2.24, 2.45) is 11.7 Å². The van der Waals surface area contributed by atoms with Crippen LogP contribution in [-0.4, -0.2) is 11.9 Å². The summed E-state index contributed by atoms with van der Waals surface area (Å²) in [5, 5.41) is 3.27. The predicted molar refractivity (Wildman–Crippen MR) is 62.9 cm³/mol. The van der Waals surface area contributed by atoms with Gasteiger partial charge >= 0.3 is 0 Å². The monoisotopic (exact) mass is 226 g/mol. The number of nitrogens with two attached hydrogens (primary N) is 1. The molecule has 3 N–H and O–H groups in total. The van der Waals surface area contributed by atoms with Crippen molar-refractivity contribution < 1.29 is 4.79 Å². The fraction of sp³-hybridized carbons (Fsp3) is 0.364. The molecule has 0 radical (unpaired) electrons. The number of carbonyl (C=O) groups is 1. The van der Waals surface area contributed by atoms with Gasteiger partial charge in [0.15, 0.2) is 0 Å². The van der Waals surface area contributed by atoms with E-state index in [-0.39, 0.29) is 17.9 Å². The van der Waals surface area contributed by atoms with Crippen molar-refractivity contribution in [2.45, 2.75) is 19.9 Å². The number of rotatable bonds is 3. The quantitative estimate of drug-likeness (QED) is 0.831. The van der Waals surface area contributed by atoms with Crippen LogP contribution in [0.1, 0.15) is 13.8 Å². The topological polar surface area (TPSA) is 55.1 Å². The maximum absolute atomic E-state index is 11.7. The molecule has 3 nitrogen and oxygen atoms in total. The molecule has 1 rings (SSSR count). The van der Waals surface area contributed by atoms with Crippen molar-refractivity contribution in [2.75, 3.05) is 5.32 Å². The molecule has 0 aliphatic heterocycles. The van der Waals surface area contributed by atoms with Crippen molar-refractivity contribution >= 4 is 23.2 Å². The van der Waals surface area contributed by atoms with Gasteiger partial charge in [0.25, 0.3) is 0 Å². The molecule has 0 heterocycles. The van der Waals surface area contributed by atoms with E-state index < -0.39 is 0 Å². The van der Waals surface area contributed by atoms with E-state index in [0.29, 0.717) is 10.7 Å². The number of amides is 1. The van der Waals surface area contributed by atoms with Crippen LogP contribution in [-0.2, 0) is 4.79 Å². The first kappa shape index (κ1) is 12.0. The average molecular weight is 227 g/mol. The molecule has 0 aliphatic rings. The van der Waals surface area contributed by atoms with E-state index in [1.54, 1.807) is 26.0 Å². The van der Waals surface area contributed by atoms with Crippen molar-refractivity contribution in [3.8, 4) is 0 Å². The lowest BCUT2D eigenvalue weighted by atomic mass is 10.0. The SMILES string of the molecule is CC(N)C(C)C(=O)Nc1ccccc1Cl. The zero-order chi connectivity index (χ0) is 11.4. The molecule has 82 valence electrons. The highest BCUT2D eigenvalue weighted by atomic mass is 35.5. The summed E-state index contributed by atoms with van der Waals surface area (Å²) >= 11 is 5.91. The molecule has 0 spiro atoms. The van der Waals surface area contributed by atoms with Crippen LogP contribution in [0.3, 0.4) is 0 Å². The fourth-order valence-electron chi connectivity index (χ4n) is 1.05. The van der Waals surface area contributed by atoms with Crippen molar-refractivity contribution in [1.29, 1.82) is 0 Å². The summed E-state index contributed by atoms with van der Waals surface area (Å²) in [6.07, 6.45) is 0. The lowest BCUT2D eigenvalue weighted by molar-refractivity contribution is -0.119. The number of hydrogen-bond acceptors (Lipinski definition) is 2. The van der Waals surface area contributed by atoms with Gasteiger partial charge < -0.3 is 11.1 Å². The Balaban J connectivity index is 2.71. The molecular formula is C11H15ClN2O. The lowest BCUT2D eigenvalue weighted by Gasteiger charge is -2.15. The average Bonchev–Trinajstić information content (AvgIpc) is 2.20. The van der Waals surface area contributed by atoms with Gasteiger partial charge in [0.05, 0.1) is 16.6 Å². The first-order chi connectivity index (χ1) is 7.02. The molecule has 2 unspecified atom stereocenters. The Kier molecular flexibility index (Phi) is 4.12. The summed E-state index contributed by atoms with van der Waals surface area (Å²) in [4.78, 5) is 11.7. The van der Waals surface area contributed by atoms with Gasteiger partial charge in [0, 0.05) is 6.04 Å². The molecule has 15 heavy (non-hydrogen) atoms. The van der Waals surface area contributed by atoms with Crippen LogP contribution in [0.2, 0.25) is 5.02 Å². The second-order valence-electron chi connectivity index (χ2n) is 3.62. The van der Waals surface area contributed by atoms with Gasteiger partial charge in [-0.1, -0.05) is 30.7 Å². The van der Waals surface area contributed by atoms with Crippen LogP contribution in [0.5, 0.6) is 0 Å². The Morgan fingerprint density at radius 1 is 1.40 bits per heavy atom. The molecular weight excluding hydrogens is 212 g/mol. The summed E-state index contributed by atoms with van der Waals surface area (Å²) < 4.78 is 0. The highest BCUT2D eigenvalue weighted by Crippen LogP contribution is 2.21. The molecule has 0 aromatic heterocycles. The number of benzene rings is 1. The zero-order valence-corrected chi connectivity index (χ0v) is 9.58. The minimum absolute atomic E-state index is 0.113. The van der Waals surface area contributed by atoms with Gasteiger partial charge in [-0.3, -0.25) is 4.79 Å². The Bertz CT molecular complexity index is 352. The summed E-state index contributed by atoms with van der Waals surface area (Å²) in [5.74, 6) is -0.348. The van der Waals surface area contributed by atoms with Crippen molar-refractivity contribution in [3.63, 3.8) is 0 Å². The molecule has 0 saturated heterocycles. The van der Waals surface area contributed by atoms with Gasteiger partial charge in [0.1, 0.15) is 0 Å². The number of halogens is 1. The number of anilines is 1. The minimum Gasteiger partial charge on any atom is -0.327 e. The standard InChI is InChI=1S/C11H15ClN2O/c1-7(8(2)13)11(15)14-10-6-4-3-5-9(10)12/h3-8H,13H2,1-2H3,(H,14,15). The summed E-state index contributed by atoms with van der Waals surface area (Å²) in [6, 6.07) is 6.94. The zero-order valence-electron chi connectivity index (χ0n) is 8.83. The van der Waals surface area contributed by atoms with E-state index in [1.807, 2.05) is 12.1 Å². The maximum atomic E-state index is 11.7. The summed E-state index contributed by atoms with van der Waals surface area (Å²) in [6.45, 7) is 3.59. The Morgan fingerprint density at radius 2 is 2.00 bits per heavy atom. The number of para-hydroxylation sites is 1. The third-order valence-electron chi connectivity index (χ3n) is 2.33. The Hall–Kier alpha value is -1.06. The van der Waals surface area contributed by atoms with Crippen LogP contribution in [0, 0.1) is 5.92 Å².